The van der Waals surface area contributed by atoms with Gasteiger partial charge in [0.15, 0.2) is 0 Å². The molecule has 1 N–H and O–H groups in total. The fourth-order valence-corrected chi connectivity index (χ4v) is 3.30. The molecule has 1 aromatic carbocycles. The Bertz CT molecular complexity index is 892. The van der Waals surface area contributed by atoms with Crippen LogP contribution in [-0.4, -0.2) is 27.4 Å². The molecule has 3 aromatic rings. The summed E-state index contributed by atoms with van der Waals surface area (Å²) in [7, 11) is 1.89. The average molecular weight is 326 g/mol. The summed E-state index contributed by atoms with van der Waals surface area (Å²) in [5.41, 5.74) is 3.62. The highest BCUT2D eigenvalue weighted by Gasteiger charge is 2.31. The summed E-state index contributed by atoms with van der Waals surface area (Å²) in [4.78, 5) is 4.48. The van der Waals surface area contributed by atoms with Gasteiger partial charge in [0, 0.05) is 42.2 Å². The zero-order valence-corrected chi connectivity index (χ0v) is 13.7. The molecule has 2 atom stereocenters. The fraction of sp³-hybridized carbons (Fsp3) is 0.333. The van der Waals surface area contributed by atoms with Crippen LogP contribution in [0.15, 0.2) is 36.7 Å². The van der Waals surface area contributed by atoms with Gasteiger partial charge in [0.25, 0.3) is 0 Å². The standard InChI is InChI=1S/C18H19FN4O/c1-11-7-17(14-8-13(19)3-4-15(14)21-11)22-16-5-6-24-18(16)12-9-20-23(2)10-12/h3-4,7-10,16,18H,5-6H2,1-2H3,(H,21,22)/t16-,18+/m0/s1. The highest BCUT2D eigenvalue weighted by atomic mass is 19.1. The first kappa shape index (κ1) is 15.1. The van der Waals surface area contributed by atoms with Crippen molar-refractivity contribution in [3.8, 4) is 0 Å². The van der Waals surface area contributed by atoms with Crippen molar-refractivity contribution in [3.05, 3.63) is 53.7 Å². The van der Waals surface area contributed by atoms with E-state index in [1.54, 1.807) is 10.7 Å². The van der Waals surface area contributed by atoms with E-state index in [0.717, 1.165) is 34.3 Å². The Morgan fingerprint density at radius 2 is 2.21 bits per heavy atom. The van der Waals surface area contributed by atoms with E-state index in [0.29, 0.717) is 6.61 Å². The van der Waals surface area contributed by atoms with Gasteiger partial charge in [-0.25, -0.2) is 4.39 Å². The number of rotatable bonds is 3. The molecule has 0 spiro atoms. The molecule has 124 valence electrons. The summed E-state index contributed by atoms with van der Waals surface area (Å²) in [5.74, 6) is -0.261. The Balaban J connectivity index is 1.69. The molecule has 1 saturated heterocycles. The van der Waals surface area contributed by atoms with E-state index in [-0.39, 0.29) is 18.0 Å². The Kier molecular flexibility index (Phi) is 3.69. The van der Waals surface area contributed by atoms with Crippen molar-refractivity contribution < 1.29 is 9.13 Å². The lowest BCUT2D eigenvalue weighted by atomic mass is 10.0. The van der Waals surface area contributed by atoms with Crippen molar-refractivity contribution in [1.82, 2.24) is 14.8 Å². The van der Waals surface area contributed by atoms with Crippen LogP contribution in [0, 0.1) is 12.7 Å². The van der Waals surface area contributed by atoms with Crippen molar-refractivity contribution in [2.75, 3.05) is 11.9 Å². The van der Waals surface area contributed by atoms with Gasteiger partial charge in [-0.05, 0) is 37.6 Å². The highest BCUT2D eigenvalue weighted by Crippen LogP contribution is 2.33. The van der Waals surface area contributed by atoms with Gasteiger partial charge in [-0.15, -0.1) is 0 Å². The van der Waals surface area contributed by atoms with Crippen molar-refractivity contribution in [2.45, 2.75) is 25.5 Å². The maximum atomic E-state index is 13.7. The van der Waals surface area contributed by atoms with Crippen LogP contribution in [0.4, 0.5) is 10.1 Å². The van der Waals surface area contributed by atoms with Gasteiger partial charge in [-0.3, -0.25) is 9.67 Å². The van der Waals surface area contributed by atoms with Gasteiger partial charge < -0.3 is 10.1 Å². The number of benzene rings is 1. The predicted octanol–water partition coefficient (Wildman–Crippen LogP) is 3.36. The van der Waals surface area contributed by atoms with Gasteiger partial charge in [0.05, 0.1) is 17.8 Å². The lowest BCUT2D eigenvalue weighted by Gasteiger charge is -2.21. The minimum Gasteiger partial charge on any atom is -0.379 e. The maximum absolute atomic E-state index is 13.7. The lowest BCUT2D eigenvalue weighted by Crippen LogP contribution is -2.23. The normalized spacial score (nSPS) is 20.6. The third-order valence-electron chi connectivity index (χ3n) is 4.38. The van der Waals surface area contributed by atoms with Gasteiger partial charge in [-0.2, -0.15) is 5.10 Å². The Labute approximate surface area is 139 Å². The van der Waals surface area contributed by atoms with E-state index in [1.807, 2.05) is 32.4 Å². The maximum Gasteiger partial charge on any atom is 0.124 e. The number of halogens is 1. The molecule has 0 radical (unpaired) electrons. The van der Waals surface area contributed by atoms with Crippen LogP contribution in [0.3, 0.4) is 0 Å². The number of aromatic nitrogens is 3. The molecule has 2 aromatic heterocycles. The third kappa shape index (κ3) is 2.73. The summed E-state index contributed by atoms with van der Waals surface area (Å²) in [6, 6.07) is 6.75. The number of nitrogens with zero attached hydrogens (tertiary/aromatic N) is 3. The van der Waals surface area contributed by atoms with E-state index in [4.69, 9.17) is 4.74 Å². The van der Waals surface area contributed by atoms with E-state index < -0.39 is 0 Å². The molecule has 0 aliphatic carbocycles. The molecule has 3 heterocycles. The summed E-state index contributed by atoms with van der Waals surface area (Å²) in [5, 5.41) is 8.56. The Morgan fingerprint density at radius 1 is 1.33 bits per heavy atom. The van der Waals surface area contributed by atoms with Crippen molar-refractivity contribution in [1.29, 1.82) is 0 Å². The summed E-state index contributed by atoms with van der Waals surface area (Å²) in [6.07, 6.45) is 4.63. The quantitative estimate of drug-likeness (QED) is 0.802. The van der Waals surface area contributed by atoms with Crippen molar-refractivity contribution >= 4 is 16.6 Å². The van der Waals surface area contributed by atoms with Crippen molar-refractivity contribution in [3.63, 3.8) is 0 Å². The predicted molar refractivity (Wildman–Crippen MR) is 90.4 cm³/mol. The molecule has 0 bridgehead atoms. The number of anilines is 1. The van der Waals surface area contributed by atoms with Crippen LogP contribution < -0.4 is 5.32 Å². The van der Waals surface area contributed by atoms with Crippen LogP contribution in [-0.2, 0) is 11.8 Å². The van der Waals surface area contributed by atoms with E-state index in [1.165, 1.54) is 12.1 Å². The molecule has 5 nitrogen and oxygen atoms in total. The second kappa shape index (κ2) is 5.87. The Hall–Kier alpha value is -2.47. The molecule has 1 aliphatic rings. The minimum absolute atomic E-state index is 0.0595. The molecule has 0 unspecified atom stereocenters. The number of ether oxygens (including phenoxy) is 1. The van der Waals surface area contributed by atoms with E-state index >= 15 is 0 Å². The van der Waals surface area contributed by atoms with Gasteiger partial charge in [0.1, 0.15) is 11.9 Å². The first-order valence-electron chi connectivity index (χ1n) is 8.04. The highest BCUT2D eigenvalue weighted by molar-refractivity contribution is 5.91. The fourth-order valence-electron chi connectivity index (χ4n) is 3.30. The molecule has 0 amide bonds. The number of aryl methyl sites for hydroxylation is 2. The van der Waals surface area contributed by atoms with Crippen LogP contribution in [0.2, 0.25) is 0 Å². The largest absolute Gasteiger partial charge is 0.379 e. The topological polar surface area (TPSA) is 52.0 Å². The third-order valence-corrected chi connectivity index (χ3v) is 4.38. The first-order valence-corrected chi connectivity index (χ1v) is 8.04. The molecule has 0 saturated carbocycles. The molecule has 4 rings (SSSR count). The summed E-state index contributed by atoms with van der Waals surface area (Å²) >= 11 is 0. The molecule has 1 aliphatic heterocycles. The molecule has 24 heavy (non-hydrogen) atoms. The number of nitrogens with one attached hydrogen (secondary N) is 1. The van der Waals surface area contributed by atoms with Gasteiger partial charge >= 0.3 is 0 Å². The zero-order valence-electron chi connectivity index (χ0n) is 13.7. The molecular formula is C18H19FN4O. The van der Waals surface area contributed by atoms with Gasteiger partial charge in [0.2, 0.25) is 0 Å². The van der Waals surface area contributed by atoms with E-state index in [9.17, 15) is 4.39 Å². The van der Waals surface area contributed by atoms with Crippen molar-refractivity contribution in [2.24, 2.45) is 7.05 Å². The molecule has 1 fully saturated rings. The smallest absolute Gasteiger partial charge is 0.124 e. The monoisotopic (exact) mass is 326 g/mol. The van der Waals surface area contributed by atoms with Crippen LogP contribution in [0.5, 0.6) is 0 Å². The number of hydrogen-bond acceptors (Lipinski definition) is 4. The second-order valence-corrected chi connectivity index (χ2v) is 6.25. The van der Waals surface area contributed by atoms with Gasteiger partial charge in [-0.1, -0.05) is 0 Å². The minimum atomic E-state index is -0.261. The van der Waals surface area contributed by atoms with Crippen LogP contribution >= 0.6 is 0 Å². The summed E-state index contributed by atoms with van der Waals surface area (Å²) in [6.45, 7) is 2.63. The molecule has 6 heteroatoms. The number of fused-ring (bicyclic) bond motifs is 1. The number of hydrogen-bond donors (Lipinski definition) is 1. The van der Waals surface area contributed by atoms with E-state index in [2.05, 4.69) is 15.4 Å². The number of pyridine rings is 1. The average Bonchev–Trinajstić information content (AvgIpc) is 3.16. The summed E-state index contributed by atoms with van der Waals surface area (Å²) < 4.78 is 21.4. The molecular weight excluding hydrogens is 307 g/mol. The zero-order chi connectivity index (χ0) is 16.7. The van der Waals surface area contributed by atoms with Crippen LogP contribution in [0.1, 0.15) is 23.8 Å². The first-order chi connectivity index (χ1) is 11.6. The lowest BCUT2D eigenvalue weighted by molar-refractivity contribution is 0.107. The Morgan fingerprint density at radius 3 is 3.00 bits per heavy atom. The SMILES string of the molecule is Cc1cc(N[C@H]2CCO[C@@H]2c2cnn(C)c2)c2cc(F)ccc2n1. The van der Waals surface area contributed by atoms with Crippen LogP contribution in [0.25, 0.3) is 10.9 Å². The second-order valence-electron chi connectivity index (χ2n) is 6.25.